The zero-order valence-corrected chi connectivity index (χ0v) is 12.4. The van der Waals surface area contributed by atoms with E-state index in [0.29, 0.717) is 0 Å². The third kappa shape index (κ3) is 5.63. The molecule has 102 valence electrons. The van der Waals surface area contributed by atoms with Crippen molar-refractivity contribution in [3.8, 4) is 0 Å². The second-order valence-electron chi connectivity index (χ2n) is 5.57. The Labute approximate surface area is 112 Å². The molecule has 0 aliphatic carbocycles. The van der Waals surface area contributed by atoms with Gasteiger partial charge < -0.3 is 4.90 Å². The third-order valence-electron chi connectivity index (χ3n) is 3.69. The minimum Gasteiger partial charge on any atom is -0.306 e. The highest BCUT2D eigenvalue weighted by atomic mass is 15.1. The van der Waals surface area contributed by atoms with Gasteiger partial charge in [-0.25, -0.2) is 0 Å². The fourth-order valence-corrected chi connectivity index (χ4v) is 2.59. The Morgan fingerprint density at radius 3 is 2.50 bits per heavy atom. The lowest BCUT2D eigenvalue weighted by Crippen LogP contribution is -2.13. The predicted molar refractivity (Wildman–Crippen MR) is 78.7 cm³/mol. The number of likely N-dealkylation sites (tertiary alicyclic amines) is 1. The van der Waals surface area contributed by atoms with Crippen LogP contribution in [-0.4, -0.2) is 30.0 Å². The molecule has 0 saturated carbocycles. The predicted octanol–water partition coefficient (Wildman–Crippen LogP) is 3.76. The van der Waals surface area contributed by atoms with Crippen molar-refractivity contribution in [3.63, 3.8) is 0 Å². The summed E-state index contributed by atoms with van der Waals surface area (Å²) >= 11 is 0. The van der Waals surface area contributed by atoms with E-state index in [-0.39, 0.29) is 0 Å². The maximum atomic E-state index is 3.98. The van der Waals surface area contributed by atoms with E-state index in [0.717, 1.165) is 17.5 Å². The van der Waals surface area contributed by atoms with Crippen molar-refractivity contribution in [1.82, 2.24) is 9.88 Å². The van der Waals surface area contributed by atoms with Crippen molar-refractivity contribution >= 4 is 0 Å². The SMILES string of the molecule is CCCCC1CN(C)CC1C.Cc1ccccn1. The molecule has 2 rings (SSSR count). The summed E-state index contributed by atoms with van der Waals surface area (Å²) in [5.74, 6) is 1.92. The second kappa shape index (κ2) is 8.25. The maximum Gasteiger partial charge on any atom is 0.0372 e. The fraction of sp³-hybridized carbons (Fsp3) is 0.688. The first-order chi connectivity index (χ1) is 8.63. The van der Waals surface area contributed by atoms with Crippen LogP contribution in [-0.2, 0) is 0 Å². The van der Waals surface area contributed by atoms with E-state index >= 15 is 0 Å². The summed E-state index contributed by atoms with van der Waals surface area (Å²) in [6, 6.07) is 5.86. The Morgan fingerprint density at radius 2 is 2.11 bits per heavy atom. The van der Waals surface area contributed by atoms with Crippen LogP contribution in [0.15, 0.2) is 24.4 Å². The Kier molecular flexibility index (Phi) is 6.96. The van der Waals surface area contributed by atoms with Crippen LogP contribution in [0.1, 0.15) is 38.8 Å². The second-order valence-corrected chi connectivity index (χ2v) is 5.57. The van der Waals surface area contributed by atoms with Crippen LogP contribution in [0, 0.1) is 18.8 Å². The van der Waals surface area contributed by atoms with E-state index in [4.69, 9.17) is 0 Å². The third-order valence-corrected chi connectivity index (χ3v) is 3.69. The fourth-order valence-electron chi connectivity index (χ4n) is 2.59. The first kappa shape index (κ1) is 15.2. The van der Waals surface area contributed by atoms with Crippen LogP contribution < -0.4 is 0 Å². The van der Waals surface area contributed by atoms with Crippen molar-refractivity contribution in [1.29, 1.82) is 0 Å². The molecule has 2 nitrogen and oxygen atoms in total. The normalized spacial score (nSPS) is 23.6. The number of unbranched alkanes of at least 4 members (excludes halogenated alkanes) is 1. The van der Waals surface area contributed by atoms with E-state index in [9.17, 15) is 0 Å². The summed E-state index contributed by atoms with van der Waals surface area (Å²) in [5.41, 5.74) is 1.07. The molecule has 0 bridgehead atoms. The Bertz CT molecular complexity index is 310. The highest BCUT2D eigenvalue weighted by Crippen LogP contribution is 2.25. The maximum absolute atomic E-state index is 3.98. The average molecular weight is 248 g/mol. The van der Waals surface area contributed by atoms with E-state index in [1.165, 1.54) is 32.4 Å². The number of aromatic nitrogens is 1. The Morgan fingerprint density at radius 1 is 1.33 bits per heavy atom. The molecule has 1 aliphatic heterocycles. The largest absolute Gasteiger partial charge is 0.306 e. The van der Waals surface area contributed by atoms with Crippen LogP contribution in [0.25, 0.3) is 0 Å². The van der Waals surface area contributed by atoms with Crippen molar-refractivity contribution < 1.29 is 0 Å². The summed E-state index contributed by atoms with van der Waals surface area (Å²) < 4.78 is 0. The molecule has 2 unspecified atom stereocenters. The monoisotopic (exact) mass is 248 g/mol. The molecular weight excluding hydrogens is 220 g/mol. The van der Waals surface area contributed by atoms with Gasteiger partial charge in [-0.15, -0.1) is 0 Å². The molecule has 1 saturated heterocycles. The molecular formula is C16H28N2. The van der Waals surface area contributed by atoms with Crippen LogP contribution in [0.4, 0.5) is 0 Å². The summed E-state index contributed by atoms with van der Waals surface area (Å²) in [7, 11) is 2.24. The number of hydrogen-bond donors (Lipinski definition) is 0. The summed E-state index contributed by atoms with van der Waals surface area (Å²) in [6.45, 7) is 9.29. The Hall–Kier alpha value is -0.890. The number of rotatable bonds is 3. The molecule has 0 N–H and O–H groups in total. The van der Waals surface area contributed by atoms with Crippen molar-refractivity contribution in [2.45, 2.75) is 40.0 Å². The number of aryl methyl sites for hydroxylation is 1. The van der Waals surface area contributed by atoms with Gasteiger partial charge in [-0.05, 0) is 44.4 Å². The van der Waals surface area contributed by atoms with Crippen LogP contribution >= 0.6 is 0 Å². The highest BCUT2D eigenvalue weighted by Gasteiger charge is 2.25. The first-order valence-corrected chi connectivity index (χ1v) is 7.19. The number of pyridine rings is 1. The lowest BCUT2D eigenvalue weighted by molar-refractivity contribution is 0.382. The average Bonchev–Trinajstić information content (AvgIpc) is 2.67. The van der Waals surface area contributed by atoms with Crippen LogP contribution in [0.2, 0.25) is 0 Å². The zero-order chi connectivity index (χ0) is 13.4. The molecule has 2 heteroatoms. The van der Waals surface area contributed by atoms with Crippen molar-refractivity contribution in [2.75, 3.05) is 20.1 Å². The summed E-state index contributed by atoms with van der Waals surface area (Å²) in [6.07, 6.45) is 6.01. The zero-order valence-electron chi connectivity index (χ0n) is 12.4. The molecule has 1 aromatic rings. The highest BCUT2D eigenvalue weighted by molar-refractivity contribution is 4.99. The molecule has 0 amide bonds. The van der Waals surface area contributed by atoms with E-state index < -0.39 is 0 Å². The van der Waals surface area contributed by atoms with Crippen molar-refractivity contribution in [3.05, 3.63) is 30.1 Å². The summed E-state index contributed by atoms with van der Waals surface area (Å²) in [4.78, 5) is 6.44. The van der Waals surface area contributed by atoms with E-state index in [1.807, 2.05) is 25.1 Å². The van der Waals surface area contributed by atoms with Crippen LogP contribution in [0.3, 0.4) is 0 Å². The molecule has 2 atom stereocenters. The molecule has 1 aromatic heterocycles. The minimum atomic E-state index is 0.937. The van der Waals surface area contributed by atoms with Gasteiger partial charge in [0.15, 0.2) is 0 Å². The van der Waals surface area contributed by atoms with Gasteiger partial charge in [0.25, 0.3) is 0 Å². The smallest absolute Gasteiger partial charge is 0.0372 e. The van der Waals surface area contributed by atoms with E-state index in [1.54, 1.807) is 6.20 Å². The summed E-state index contributed by atoms with van der Waals surface area (Å²) in [5, 5.41) is 0. The molecule has 2 heterocycles. The van der Waals surface area contributed by atoms with E-state index in [2.05, 4.69) is 30.8 Å². The van der Waals surface area contributed by atoms with Gasteiger partial charge in [-0.2, -0.15) is 0 Å². The molecule has 0 aromatic carbocycles. The quantitative estimate of drug-likeness (QED) is 0.809. The number of nitrogens with zero attached hydrogens (tertiary/aromatic N) is 2. The number of hydrogen-bond acceptors (Lipinski definition) is 2. The first-order valence-electron chi connectivity index (χ1n) is 7.19. The van der Waals surface area contributed by atoms with Gasteiger partial charge in [-0.1, -0.05) is 32.8 Å². The molecule has 18 heavy (non-hydrogen) atoms. The Balaban J connectivity index is 0.000000199. The molecule has 1 aliphatic rings. The standard InChI is InChI=1S/C10H21N.C6H7N/c1-4-5-6-10-8-11(3)7-9(10)2;1-6-4-2-3-5-7-6/h9-10H,4-8H2,1-3H3;2-5H,1H3. The van der Waals surface area contributed by atoms with Gasteiger partial charge in [0, 0.05) is 25.0 Å². The molecule has 1 fully saturated rings. The minimum absolute atomic E-state index is 0.937. The molecule has 0 radical (unpaired) electrons. The lowest BCUT2D eigenvalue weighted by atomic mass is 9.93. The van der Waals surface area contributed by atoms with Gasteiger partial charge in [0.1, 0.15) is 0 Å². The van der Waals surface area contributed by atoms with Gasteiger partial charge in [0.2, 0.25) is 0 Å². The lowest BCUT2D eigenvalue weighted by Gasteiger charge is -2.12. The van der Waals surface area contributed by atoms with Gasteiger partial charge in [0.05, 0.1) is 0 Å². The van der Waals surface area contributed by atoms with Gasteiger partial charge >= 0.3 is 0 Å². The molecule has 0 spiro atoms. The topological polar surface area (TPSA) is 16.1 Å². The van der Waals surface area contributed by atoms with Gasteiger partial charge in [-0.3, -0.25) is 4.98 Å². The van der Waals surface area contributed by atoms with Crippen LogP contribution in [0.5, 0.6) is 0 Å². The van der Waals surface area contributed by atoms with Crippen molar-refractivity contribution in [2.24, 2.45) is 11.8 Å².